The Balaban J connectivity index is 1.53. The molecule has 2 aromatic rings. The topological polar surface area (TPSA) is 27.6 Å². The Morgan fingerprint density at radius 3 is 2.35 bits per heavy atom. The van der Waals surface area contributed by atoms with Crippen molar-refractivity contribution >= 4 is 5.96 Å². The Morgan fingerprint density at radius 2 is 1.70 bits per heavy atom. The molecule has 0 spiro atoms. The van der Waals surface area contributed by atoms with Crippen LogP contribution in [0.25, 0.3) is 0 Å². The normalized spacial score (nSPS) is 20.2. The van der Waals surface area contributed by atoms with E-state index in [0.29, 0.717) is 12.5 Å². The van der Waals surface area contributed by atoms with Crippen molar-refractivity contribution in [2.45, 2.75) is 18.9 Å². The monoisotopic (exact) mass is 307 g/mol. The van der Waals surface area contributed by atoms with Gasteiger partial charge in [-0.15, -0.1) is 0 Å². The van der Waals surface area contributed by atoms with Gasteiger partial charge in [-0.2, -0.15) is 0 Å². The van der Waals surface area contributed by atoms with E-state index < -0.39 is 0 Å². The van der Waals surface area contributed by atoms with Crippen LogP contribution in [0.5, 0.6) is 0 Å². The maximum Gasteiger partial charge on any atom is 0.193 e. The molecule has 120 valence electrons. The maximum absolute atomic E-state index is 4.72. The van der Waals surface area contributed by atoms with Crippen LogP contribution in [-0.2, 0) is 6.54 Å². The van der Waals surface area contributed by atoms with Crippen LogP contribution in [0.2, 0.25) is 0 Å². The molecule has 1 aliphatic rings. The van der Waals surface area contributed by atoms with Gasteiger partial charge in [-0.05, 0) is 29.4 Å². The highest BCUT2D eigenvalue weighted by Crippen LogP contribution is 2.46. The minimum Gasteiger partial charge on any atom is -0.356 e. The predicted octanol–water partition coefficient (Wildman–Crippen LogP) is 3.50. The minimum absolute atomic E-state index is 0.709. The fourth-order valence-electron chi connectivity index (χ4n) is 2.91. The molecule has 3 nitrogen and oxygen atoms in total. The van der Waals surface area contributed by atoms with E-state index in [4.69, 9.17) is 4.99 Å². The number of benzene rings is 2. The Kier molecular flexibility index (Phi) is 4.96. The molecule has 0 aromatic heterocycles. The highest BCUT2D eigenvalue weighted by molar-refractivity contribution is 5.79. The molecule has 2 aromatic carbocycles. The second-order valence-electron chi connectivity index (χ2n) is 6.41. The molecule has 0 heterocycles. The summed E-state index contributed by atoms with van der Waals surface area (Å²) in [6.45, 7) is 1.71. The molecule has 0 amide bonds. The second kappa shape index (κ2) is 7.32. The molecule has 2 atom stereocenters. The molecule has 1 saturated carbocycles. The fourth-order valence-corrected chi connectivity index (χ4v) is 2.91. The molecule has 1 aliphatic carbocycles. The van der Waals surface area contributed by atoms with Crippen molar-refractivity contribution < 1.29 is 0 Å². The van der Waals surface area contributed by atoms with E-state index in [0.717, 1.165) is 18.4 Å². The minimum atomic E-state index is 0.709. The average Bonchev–Trinajstić information content (AvgIpc) is 3.36. The molecule has 0 radical (unpaired) electrons. The summed E-state index contributed by atoms with van der Waals surface area (Å²) in [4.78, 5) is 6.78. The Morgan fingerprint density at radius 1 is 1.04 bits per heavy atom. The summed E-state index contributed by atoms with van der Waals surface area (Å²) in [6, 6.07) is 21.2. The third kappa shape index (κ3) is 4.35. The van der Waals surface area contributed by atoms with Crippen molar-refractivity contribution in [2.24, 2.45) is 10.9 Å². The largest absolute Gasteiger partial charge is 0.356 e. The van der Waals surface area contributed by atoms with E-state index in [1.165, 1.54) is 17.5 Å². The number of nitrogens with one attached hydrogen (secondary N) is 1. The summed E-state index contributed by atoms with van der Waals surface area (Å²) in [5.41, 5.74) is 2.70. The van der Waals surface area contributed by atoms with Gasteiger partial charge < -0.3 is 10.2 Å². The molecule has 0 saturated heterocycles. The summed E-state index contributed by atoms with van der Waals surface area (Å²) in [7, 11) is 4.08. The summed E-state index contributed by atoms with van der Waals surface area (Å²) < 4.78 is 0. The molecular formula is C20H25N3. The van der Waals surface area contributed by atoms with Gasteiger partial charge in [0.1, 0.15) is 0 Å². The Hall–Kier alpha value is -2.29. The highest BCUT2D eigenvalue weighted by Gasteiger charge is 2.37. The van der Waals surface area contributed by atoms with E-state index in [1.807, 2.05) is 20.2 Å². The van der Waals surface area contributed by atoms with Crippen molar-refractivity contribution in [3.8, 4) is 0 Å². The van der Waals surface area contributed by atoms with Crippen LogP contribution >= 0.6 is 0 Å². The zero-order valence-electron chi connectivity index (χ0n) is 13.9. The number of hydrogen-bond acceptors (Lipinski definition) is 1. The standard InChI is InChI=1S/C20H25N3/c1-23(2)20(21-14-16-9-5-3-6-10-16)22-15-18-13-19(18)17-11-7-4-8-12-17/h3-12,18-19H,13-15H2,1-2H3,(H,21,22). The van der Waals surface area contributed by atoms with Crippen LogP contribution in [-0.4, -0.2) is 31.5 Å². The lowest BCUT2D eigenvalue weighted by molar-refractivity contribution is 0.570. The van der Waals surface area contributed by atoms with Gasteiger partial charge in [0.15, 0.2) is 5.96 Å². The van der Waals surface area contributed by atoms with Gasteiger partial charge >= 0.3 is 0 Å². The van der Waals surface area contributed by atoms with Crippen molar-refractivity contribution in [3.63, 3.8) is 0 Å². The molecule has 3 heteroatoms. The second-order valence-corrected chi connectivity index (χ2v) is 6.41. The summed E-state index contributed by atoms with van der Waals surface area (Å²) in [5.74, 6) is 2.40. The summed E-state index contributed by atoms with van der Waals surface area (Å²) in [5, 5.41) is 3.53. The number of nitrogens with zero attached hydrogens (tertiary/aromatic N) is 2. The van der Waals surface area contributed by atoms with Crippen molar-refractivity contribution in [1.29, 1.82) is 0 Å². The van der Waals surface area contributed by atoms with Crippen LogP contribution in [0.4, 0.5) is 0 Å². The van der Waals surface area contributed by atoms with Gasteiger partial charge in [-0.1, -0.05) is 60.7 Å². The molecular weight excluding hydrogens is 282 g/mol. The first-order valence-corrected chi connectivity index (χ1v) is 8.28. The van der Waals surface area contributed by atoms with E-state index >= 15 is 0 Å². The van der Waals surface area contributed by atoms with Gasteiger partial charge in [0.05, 0.1) is 6.54 Å². The van der Waals surface area contributed by atoms with Gasteiger partial charge in [0.25, 0.3) is 0 Å². The van der Waals surface area contributed by atoms with E-state index in [2.05, 4.69) is 64.8 Å². The van der Waals surface area contributed by atoms with Crippen LogP contribution in [0, 0.1) is 5.92 Å². The molecule has 3 rings (SSSR count). The lowest BCUT2D eigenvalue weighted by atomic mass is 10.1. The van der Waals surface area contributed by atoms with E-state index in [9.17, 15) is 0 Å². The number of guanidine groups is 1. The predicted molar refractivity (Wildman–Crippen MR) is 96.6 cm³/mol. The average molecular weight is 307 g/mol. The molecule has 1 fully saturated rings. The highest BCUT2D eigenvalue weighted by atomic mass is 15.3. The quantitative estimate of drug-likeness (QED) is 0.676. The van der Waals surface area contributed by atoms with Crippen LogP contribution in [0.1, 0.15) is 23.5 Å². The van der Waals surface area contributed by atoms with Gasteiger partial charge in [-0.3, -0.25) is 0 Å². The first kappa shape index (κ1) is 15.6. The van der Waals surface area contributed by atoms with Crippen molar-refractivity contribution in [1.82, 2.24) is 10.2 Å². The summed E-state index contributed by atoms with van der Waals surface area (Å²) in [6.07, 6.45) is 1.27. The third-order valence-corrected chi connectivity index (χ3v) is 4.35. The summed E-state index contributed by atoms with van der Waals surface area (Å²) >= 11 is 0. The van der Waals surface area contributed by atoms with E-state index in [1.54, 1.807) is 0 Å². The zero-order valence-corrected chi connectivity index (χ0v) is 13.9. The van der Waals surface area contributed by atoms with Crippen molar-refractivity contribution in [3.05, 3.63) is 71.8 Å². The molecule has 2 unspecified atom stereocenters. The molecule has 0 bridgehead atoms. The Bertz CT molecular complexity index is 634. The number of rotatable bonds is 5. The van der Waals surface area contributed by atoms with Gasteiger partial charge in [-0.25, -0.2) is 4.99 Å². The molecule has 1 N–H and O–H groups in total. The van der Waals surface area contributed by atoms with Crippen LogP contribution < -0.4 is 5.32 Å². The molecule has 23 heavy (non-hydrogen) atoms. The first-order valence-electron chi connectivity index (χ1n) is 8.28. The fraction of sp³-hybridized carbons (Fsp3) is 0.350. The van der Waals surface area contributed by atoms with Gasteiger partial charge in [0, 0.05) is 20.6 Å². The van der Waals surface area contributed by atoms with Crippen LogP contribution in [0.15, 0.2) is 65.7 Å². The number of hydrogen-bond donors (Lipinski definition) is 1. The SMILES string of the molecule is CN(C)C(=NCc1ccccc1)NCC1CC1c1ccccc1. The van der Waals surface area contributed by atoms with Gasteiger partial charge in [0.2, 0.25) is 0 Å². The number of aliphatic imine (C=N–C) groups is 1. The Labute approximate surface area is 139 Å². The van der Waals surface area contributed by atoms with E-state index in [-0.39, 0.29) is 0 Å². The van der Waals surface area contributed by atoms with Crippen LogP contribution in [0.3, 0.4) is 0 Å². The maximum atomic E-state index is 4.72. The zero-order chi connectivity index (χ0) is 16.1. The van der Waals surface area contributed by atoms with Crippen molar-refractivity contribution in [2.75, 3.05) is 20.6 Å². The smallest absolute Gasteiger partial charge is 0.193 e. The lowest BCUT2D eigenvalue weighted by Gasteiger charge is -2.17. The first-order chi connectivity index (χ1) is 11.2. The third-order valence-electron chi connectivity index (χ3n) is 4.35. The molecule has 0 aliphatic heterocycles. The lowest BCUT2D eigenvalue weighted by Crippen LogP contribution is -2.37.